The van der Waals surface area contributed by atoms with Crippen LogP contribution in [-0.2, 0) is 10.8 Å². The number of nitro benzene ring substituents is 2. The predicted molar refractivity (Wildman–Crippen MR) is 70.6 cm³/mol. The van der Waals surface area contributed by atoms with Gasteiger partial charge in [0.2, 0.25) is 0 Å². The molecule has 0 aliphatic rings. The van der Waals surface area contributed by atoms with Crippen molar-refractivity contribution in [1.29, 1.82) is 0 Å². The number of rotatable bonds is 7. The minimum Gasteiger partial charge on any atom is -0.258 e. The maximum Gasteiger partial charge on any atom is 0.292 e. The Morgan fingerprint density at radius 2 is 1.63 bits per heavy atom. The lowest BCUT2D eigenvalue weighted by Gasteiger charge is -2.04. The van der Waals surface area contributed by atoms with Crippen molar-refractivity contribution in [3.63, 3.8) is 0 Å². The lowest BCUT2D eigenvalue weighted by Crippen LogP contribution is -2.06. The SMILES string of the molecule is CCCCCS(=O)c1c([N+](=O)[O-])cccc1[N+](=O)[O-]. The van der Waals surface area contributed by atoms with Gasteiger partial charge in [0.1, 0.15) is 0 Å². The molecule has 1 atom stereocenters. The summed E-state index contributed by atoms with van der Waals surface area (Å²) in [4.78, 5) is 20.0. The normalized spacial score (nSPS) is 12.1. The molecule has 0 aliphatic carbocycles. The van der Waals surface area contributed by atoms with Gasteiger partial charge in [-0.15, -0.1) is 0 Å². The maximum absolute atomic E-state index is 12.1. The predicted octanol–water partition coefficient (Wildman–Crippen LogP) is 2.80. The molecular weight excluding hydrogens is 272 g/mol. The number of hydrogen-bond donors (Lipinski definition) is 0. The lowest BCUT2D eigenvalue weighted by molar-refractivity contribution is -0.399. The van der Waals surface area contributed by atoms with Gasteiger partial charge >= 0.3 is 0 Å². The van der Waals surface area contributed by atoms with E-state index < -0.39 is 32.0 Å². The van der Waals surface area contributed by atoms with Gasteiger partial charge in [-0.2, -0.15) is 0 Å². The first-order valence-electron chi connectivity index (χ1n) is 5.79. The van der Waals surface area contributed by atoms with Crippen molar-refractivity contribution in [1.82, 2.24) is 0 Å². The van der Waals surface area contributed by atoms with Crippen molar-refractivity contribution in [3.8, 4) is 0 Å². The Bertz CT molecular complexity index is 486. The van der Waals surface area contributed by atoms with Crippen LogP contribution >= 0.6 is 0 Å². The molecule has 1 aromatic rings. The van der Waals surface area contributed by atoms with E-state index in [2.05, 4.69) is 0 Å². The summed E-state index contributed by atoms with van der Waals surface area (Å²) in [6.45, 7) is 1.97. The lowest BCUT2D eigenvalue weighted by atomic mass is 10.3. The van der Waals surface area contributed by atoms with E-state index in [1.54, 1.807) is 0 Å². The van der Waals surface area contributed by atoms with Crippen molar-refractivity contribution < 1.29 is 14.1 Å². The molecule has 1 unspecified atom stereocenters. The Hall–Kier alpha value is -1.83. The molecule has 0 N–H and O–H groups in total. The molecule has 0 bridgehead atoms. The van der Waals surface area contributed by atoms with E-state index in [-0.39, 0.29) is 10.6 Å². The Morgan fingerprint density at radius 3 is 2.05 bits per heavy atom. The molecule has 8 heteroatoms. The third-order valence-corrected chi connectivity index (χ3v) is 4.06. The number of hydrogen-bond acceptors (Lipinski definition) is 5. The van der Waals surface area contributed by atoms with Crippen LogP contribution in [0.2, 0.25) is 0 Å². The van der Waals surface area contributed by atoms with Gasteiger partial charge in [0.25, 0.3) is 11.4 Å². The van der Waals surface area contributed by atoms with Gasteiger partial charge in [-0.3, -0.25) is 24.4 Å². The summed E-state index contributed by atoms with van der Waals surface area (Å²) in [5.74, 6) is 0.194. The highest BCUT2D eigenvalue weighted by Crippen LogP contribution is 2.31. The first-order chi connectivity index (χ1) is 8.99. The quantitative estimate of drug-likeness (QED) is 0.435. The molecule has 0 radical (unpaired) electrons. The number of nitro groups is 2. The molecule has 0 saturated carbocycles. The van der Waals surface area contributed by atoms with Gasteiger partial charge in [0.05, 0.1) is 20.6 Å². The van der Waals surface area contributed by atoms with Crippen molar-refractivity contribution in [3.05, 3.63) is 38.4 Å². The zero-order valence-corrected chi connectivity index (χ0v) is 11.2. The second-order valence-electron chi connectivity index (χ2n) is 3.90. The monoisotopic (exact) mass is 286 g/mol. The van der Waals surface area contributed by atoms with Gasteiger partial charge in [0.15, 0.2) is 4.90 Å². The van der Waals surface area contributed by atoms with E-state index in [1.807, 2.05) is 6.92 Å². The third-order valence-electron chi connectivity index (χ3n) is 2.53. The highest BCUT2D eigenvalue weighted by molar-refractivity contribution is 7.85. The summed E-state index contributed by atoms with van der Waals surface area (Å²) in [5.41, 5.74) is -0.909. The molecule has 19 heavy (non-hydrogen) atoms. The topological polar surface area (TPSA) is 103 Å². The highest BCUT2D eigenvalue weighted by atomic mass is 32.2. The van der Waals surface area contributed by atoms with Gasteiger partial charge in [-0.1, -0.05) is 19.8 Å². The van der Waals surface area contributed by atoms with Gasteiger partial charge in [-0.05, 0) is 12.5 Å². The van der Waals surface area contributed by atoms with Crippen molar-refractivity contribution >= 4 is 22.2 Å². The first kappa shape index (κ1) is 15.2. The van der Waals surface area contributed by atoms with E-state index in [0.29, 0.717) is 6.42 Å². The average Bonchev–Trinajstić information content (AvgIpc) is 2.37. The number of unbranched alkanes of at least 4 members (excludes halogenated alkanes) is 2. The van der Waals surface area contributed by atoms with Crippen LogP contribution in [0.15, 0.2) is 23.1 Å². The number of benzene rings is 1. The zero-order chi connectivity index (χ0) is 14.4. The minimum atomic E-state index is -1.73. The molecule has 0 amide bonds. The smallest absolute Gasteiger partial charge is 0.258 e. The summed E-state index contributed by atoms with van der Waals surface area (Å²) in [5, 5.41) is 21.8. The standard InChI is InChI=1S/C11H14N2O5S/c1-2-3-4-8-19(18)11-9(12(14)15)6-5-7-10(11)13(16)17/h5-7H,2-4,8H2,1H3. The largest absolute Gasteiger partial charge is 0.292 e. The molecule has 0 spiro atoms. The first-order valence-corrected chi connectivity index (χ1v) is 7.11. The summed E-state index contributed by atoms with van der Waals surface area (Å²) < 4.78 is 12.1. The van der Waals surface area contributed by atoms with Gasteiger partial charge < -0.3 is 0 Å². The van der Waals surface area contributed by atoms with Crippen molar-refractivity contribution in [2.45, 2.75) is 31.1 Å². The van der Waals surface area contributed by atoms with Gasteiger partial charge in [-0.25, -0.2) is 0 Å². The fourth-order valence-electron chi connectivity index (χ4n) is 1.62. The second-order valence-corrected chi connectivity index (χ2v) is 5.40. The molecule has 1 rings (SSSR count). The third kappa shape index (κ3) is 3.82. The van der Waals surface area contributed by atoms with Crippen LogP contribution in [0, 0.1) is 20.2 Å². The molecule has 0 saturated heterocycles. The second kappa shape index (κ2) is 6.93. The van der Waals surface area contributed by atoms with E-state index in [9.17, 15) is 24.4 Å². The molecule has 0 fully saturated rings. The maximum atomic E-state index is 12.1. The molecule has 1 aromatic carbocycles. The molecular formula is C11H14N2O5S. The van der Waals surface area contributed by atoms with Crippen LogP contribution in [0.3, 0.4) is 0 Å². The Morgan fingerprint density at radius 1 is 1.11 bits per heavy atom. The van der Waals surface area contributed by atoms with Gasteiger partial charge in [0, 0.05) is 17.9 Å². The van der Waals surface area contributed by atoms with Crippen LogP contribution in [0.25, 0.3) is 0 Å². The van der Waals surface area contributed by atoms with Crippen LogP contribution < -0.4 is 0 Å². The molecule has 0 aliphatic heterocycles. The Kier molecular flexibility index (Phi) is 5.56. The van der Waals surface area contributed by atoms with Crippen LogP contribution in [-0.4, -0.2) is 19.8 Å². The fraction of sp³-hybridized carbons (Fsp3) is 0.455. The number of nitrogens with zero attached hydrogens (tertiary/aromatic N) is 2. The van der Waals surface area contributed by atoms with Crippen molar-refractivity contribution in [2.75, 3.05) is 5.75 Å². The van der Waals surface area contributed by atoms with Crippen LogP contribution in [0.4, 0.5) is 11.4 Å². The van der Waals surface area contributed by atoms with E-state index >= 15 is 0 Å². The Labute approximate surface area is 112 Å². The van der Waals surface area contributed by atoms with E-state index in [4.69, 9.17) is 0 Å². The molecule has 104 valence electrons. The van der Waals surface area contributed by atoms with Crippen molar-refractivity contribution in [2.24, 2.45) is 0 Å². The summed E-state index contributed by atoms with van der Waals surface area (Å²) in [7, 11) is -1.73. The highest BCUT2D eigenvalue weighted by Gasteiger charge is 2.28. The van der Waals surface area contributed by atoms with E-state index in [0.717, 1.165) is 25.0 Å². The van der Waals surface area contributed by atoms with Crippen LogP contribution in [0.1, 0.15) is 26.2 Å². The zero-order valence-electron chi connectivity index (χ0n) is 10.4. The summed E-state index contributed by atoms with van der Waals surface area (Å²) >= 11 is 0. The minimum absolute atomic E-state index is 0.194. The summed E-state index contributed by atoms with van der Waals surface area (Å²) in [6.07, 6.45) is 2.36. The molecule has 0 heterocycles. The fourth-order valence-corrected chi connectivity index (χ4v) is 3.04. The van der Waals surface area contributed by atoms with E-state index in [1.165, 1.54) is 6.07 Å². The molecule has 7 nitrogen and oxygen atoms in total. The summed E-state index contributed by atoms with van der Waals surface area (Å²) in [6, 6.07) is 3.50. The molecule has 0 aromatic heterocycles. The van der Waals surface area contributed by atoms with Crippen LogP contribution in [0.5, 0.6) is 0 Å². The Balaban J connectivity index is 3.17. The average molecular weight is 286 g/mol.